The minimum absolute atomic E-state index is 0.223. The van der Waals surface area contributed by atoms with Crippen LogP contribution < -0.4 is 11.1 Å². The van der Waals surface area contributed by atoms with Crippen LogP contribution in [0.15, 0.2) is 12.1 Å². The number of nitrogens with one attached hydrogen (secondary N) is 1. The van der Waals surface area contributed by atoms with Gasteiger partial charge in [-0.25, -0.2) is 0 Å². The summed E-state index contributed by atoms with van der Waals surface area (Å²) in [5, 5.41) is 3.35. The molecule has 3 N–H and O–H groups in total. The molecule has 1 heterocycles. The van der Waals surface area contributed by atoms with Crippen molar-refractivity contribution in [1.82, 2.24) is 5.32 Å². The molecule has 1 aromatic rings. The van der Waals surface area contributed by atoms with Crippen molar-refractivity contribution in [2.45, 2.75) is 19.9 Å². The Morgan fingerprint density at radius 3 is 2.75 bits per heavy atom. The van der Waals surface area contributed by atoms with E-state index >= 15 is 0 Å². The second-order valence-electron chi connectivity index (χ2n) is 2.68. The van der Waals surface area contributed by atoms with Crippen molar-refractivity contribution in [2.75, 3.05) is 0 Å². The third-order valence-corrected chi connectivity index (χ3v) is 2.85. The number of thiophene rings is 1. The van der Waals surface area contributed by atoms with E-state index in [1.807, 2.05) is 6.92 Å². The molecule has 0 fully saturated rings. The SMILES string of the molecule is Cc1ccc(C(C)NC(N)=S)s1. The molecule has 0 saturated heterocycles. The van der Waals surface area contributed by atoms with E-state index in [-0.39, 0.29) is 6.04 Å². The van der Waals surface area contributed by atoms with Crippen LogP contribution in [0.25, 0.3) is 0 Å². The van der Waals surface area contributed by atoms with E-state index in [9.17, 15) is 0 Å². The van der Waals surface area contributed by atoms with Crippen LogP contribution in [0.3, 0.4) is 0 Å². The minimum atomic E-state index is 0.223. The van der Waals surface area contributed by atoms with E-state index in [1.165, 1.54) is 9.75 Å². The smallest absolute Gasteiger partial charge is 0.164 e. The Hall–Kier alpha value is -0.610. The Kier molecular flexibility index (Phi) is 3.05. The van der Waals surface area contributed by atoms with Crippen molar-refractivity contribution in [2.24, 2.45) is 5.73 Å². The van der Waals surface area contributed by atoms with Crippen LogP contribution in [0.1, 0.15) is 22.7 Å². The highest BCUT2D eigenvalue weighted by atomic mass is 32.1. The molecule has 4 heteroatoms. The lowest BCUT2D eigenvalue weighted by Gasteiger charge is -2.10. The molecule has 1 aromatic heterocycles. The Labute approximate surface area is 81.8 Å². The topological polar surface area (TPSA) is 38.0 Å². The average molecular weight is 200 g/mol. The van der Waals surface area contributed by atoms with Crippen LogP contribution in [0.5, 0.6) is 0 Å². The molecule has 66 valence electrons. The van der Waals surface area contributed by atoms with E-state index in [4.69, 9.17) is 18.0 Å². The molecule has 0 aliphatic carbocycles. The molecular formula is C8H12N2S2. The summed E-state index contributed by atoms with van der Waals surface area (Å²) in [6.07, 6.45) is 0. The van der Waals surface area contributed by atoms with E-state index < -0.39 is 0 Å². The van der Waals surface area contributed by atoms with Gasteiger partial charge in [-0.2, -0.15) is 0 Å². The number of thiocarbonyl (C=S) groups is 1. The molecule has 0 aliphatic rings. The van der Waals surface area contributed by atoms with Crippen LogP contribution in [0.4, 0.5) is 0 Å². The summed E-state index contributed by atoms with van der Waals surface area (Å²) < 4.78 is 0. The number of hydrogen-bond acceptors (Lipinski definition) is 2. The van der Waals surface area contributed by atoms with Crippen LogP contribution in [0, 0.1) is 6.92 Å². The minimum Gasteiger partial charge on any atom is -0.376 e. The molecule has 2 nitrogen and oxygen atoms in total. The summed E-state index contributed by atoms with van der Waals surface area (Å²) in [5.74, 6) is 0. The zero-order valence-corrected chi connectivity index (χ0v) is 8.76. The fourth-order valence-corrected chi connectivity index (χ4v) is 2.03. The van der Waals surface area contributed by atoms with E-state index in [0.29, 0.717) is 5.11 Å². The number of aryl methyl sites for hydroxylation is 1. The van der Waals surface area contributed by atoms with Crippen LogP contribution in [-0.2, 0) is 0 Å². The molecule has 0 radical (unpaired) electrons. The first-order valence-corrected chi connectivity index (χ1v) is 4.94. The Bertz CT molecular complexity index is 280. The third kappa shape index (κ3) is 2.46. The van der Waals surface area contributed by atoms with Gasteiger partial charge in [0, 0.05) is 9.75 Å². The predicted molar refractivity (Wildman–Crippen MR) is 57.4 cm³/mol. The Morgan fingerprint density at radius 2 is 2.33 bits per heavy atom. The van der Waals surface area contributed by atoms with E-state index in [1.54, 1.807) is 11.3 Å². The van der Waals surface area contributed by atoms with Crippen LogP contribution in [0.2, 0.25) is 0 Å². The summed E-state index contributed by atoms with van der Waals surface area (Å²) in [5.41, 5.74) is 5.36. The van der Waals surface area contributed by atoms with E-state index in [0.717, 1.165) is 0 Å². The zero-order chi connectivity index (χ0) is 9.14. The molecule has 12 heavy (non-hydrogen) atoms. The fourth-order valence-electron chi connectivity index (χ4n) is 0.971. The molecule has 1 rings (SSSR count). The average Bonchev–Trinajstić information content (AvgIpc) is 2.34. The zero-order valence-electron chi connectivity index (χ0n) is 7.13. The van der Waals surface area contributed by atoms with Gasteiger partial charge in [0.25, 0.3) is 0 Å². The molecule has 0 amide bonds. The van der Waals surface area contributed by atoms with Gasteiger partial charge in [-0.3, -0.25) is 0 Å². The van der Waals surface area contributed by atoms with Crippen molar-refractivity contribution >= 4 is 28.7 Å². The normalized spacial score (nSPS) is 12.5. The summed E-state index contributed by atoms with van der Waals surface area (Å²) in [4.78, 5) is 2.57. The van der Waals surface area contributed by atoms with Crippen molar-refractivity contribution in [1.29, 1.82) is 0 Å². The van der Waals surface area contributed by atoms with Gasteiger partial charge in [0.1, 0.15) is 0 Å². The largest absolute Gasteiger partial charge is 0.376 e. The second-order valence-corrected chi connectivity index (χ2v) is 4.44. The number of hydrogen-bond donors (Lipinski definition) is 2. The lowest BCUT2D eigenvalue weighted by Crippen LogP contribution is -2.30. The highest BCUT2D eigenvalue weighted by Gasteiger charge is 2.06. The van der Waals surface area contributed by atoms with Crippen molar-refractivity contribution in [3.8, 4) is 0 Å². The first kappa shape index (κ1) is 9.48. The molecule has 0 aliphatic heterocycles. The van der Waals surface area contributed by atoms with Crippen molar-refractivity contribution in [3.63, 3.8) is 0 Å². The second kappa shape index (κ2) is 3.87. The van der Waals surface area contributed by atoms with Gasteiger partial charge in [0.15, 0.2) is 5.11 Å². The van der Waals surface area contributed by atoms with Gasteiger partial charge in [0.2, 0.25) is 0 Å². The first-order chi connectivity index (χ1) is 5.59. The standard InChI is InChI=1S/C8H12N2S2/c1-5-3-4-7(12-5)6(2)10-8(9)11/h3-4,6H,1-2H3,(H3,9,10,11). The summed E-state index contributed by atoms with van der Waals surface area (Å²) in [6, 6.07) is 4.41. The maximum Gasteiger partial charge on any atom is 0.164 e. The van der Waals surface area contributed by atoms with Gasteiger partial charge in [-0.1, -0.05) is 0 Å². The molecule has 0 aromatic carbocycles. The van der Waals surface area contributed by atoms with E-state index in [2.05, 4.69) is 24.4 Å². The first-order valence-electron chi connectivity index (χ1n) is 3.72. The van der Waals surface area contributed by atoms with Gasteiger partial charge in [0.05, 0.1) is 6.04 Å². The maximum atomic E-state index is 5.36. The highest BCUT2D eigenvalue weighted by molar-refractivity contribution is 7.80. The fraction of sp³-hybridized carbons (Fsp3) is 0.375. The Balaban J connectivity index is 2.64. The molecular weight excluding hydrogens is 188 g/mol. The lowest BCUT2D eigenvalue weighted by atomic mass is 10.3. The number of nitrogens with two attached hydrogens (primary N) is 1. The van der Waals surface area contributed by atoms with Crippen LogP contribution in [-0.4, -0.2) is 5.11 Å². The van der Waals surface area contributed by atoms with Gasteiger partial charge in [-0.15, -0.1) is 11.3 Å². The third-order valence-electron chi connectivity index (χ3n) is 1.55. The maximum absolute atomic E-state index is 5.36. The van der Waals surface area contributed by atoms with Crippen LogP contribution >= 0.6 is 23.6 Å². The van der Waals surface area contributed by atoms with Crippen molar-refractivity contribution in [3.05, 3.63) is 21.9 Å². The molecule has 0 saturated carbocycles. The lowest BCUT2D eigenvalue weighted by molar-refractivity contribution is 0.734. The van der Waals surface area contributed by atoms with Crippen molar-refractivity contribution < 1.29 is 0 Å². The molecule has 0 bridgehead atoms. The molecule has 0 spiro atoms. The summed E-state index contributed by atoms with van der Waals surface area (Å²) >= 11 is 6.51. The quantitative estimate of drug-likeness (QED) is 0.717. The summed E-state index contributed by atoms with van der Waals surface area (Å²) in [6.45, 7) is 4.13. The number of rotatable bonds is 2. The monoisotopic (exact) mass is 200 g/mol. The van der Waals surface area contributed by atoms with Gasteiger partial charge < -0.3 is 11.1 Å². The summed E-state index contributed by atoms with van der Waals surface area (Å²) in [7, 11) is 0. The predicted octanol–water partition coefficient (Wildman–Crippen LogP) is 1.95. The molecule has 1 unspecified atom stereocenters. The van der Waals surface area contributed by atoms with Gasteiger partial charge >= 0.3 is 0 Å². The highest BCUT2D eigenvalue weighted by Crippen LogP contribution is 2.21. The Morgan fingerprint density at radius 1 is 1.67 bits per heavy atom. The van der Waals surface area contributed by atoms with Gasteiger partial charge in [-0.05, 0) is 38.2 Å². The molecule has 1 atom stereocenters.